The largest absolute Gasteiger partial charge is 0.299 e. The van der Waals surface area contributed by atoms with Gasteiger partial charge in [-0.25, -0.2) is 0 Å². The van der Waals surface area contributed by atoms with Crippen molar-refractivity contribution >= 4 is 5.78 Å². The number of hydrogen-bond acceptors (Lipinski definition) is 1. The maximum Gasteiger partial charge on any atom is 0.137 e. The highest BCUT2D eigenvalue weighted by atomic mass is 16.1. The molecule has 0 saturated heterocycles. The minimum atomic E-state index is 0.468. The van der Waals surface area contributed by atoms with Crippen LogP contribution in [-0.2, 0) is 4.79 Å². The van der Waals surface area contributed by atoms with Gasteiger partial charge in [0.1, 0.15) is 5.78 Å². The summed E-state index contributed by atoms with van der Waals surface area (Å²) in [6.07, 6.45) is 7.03. The predicted octanol–water partition coefficient (Wildman–Crippen LogP) is 1.64. The highest BCUT2D eigenvalue weighted by Crippen LogP contribution is 2.67. The molecule has 0 aromatic rings. The highest BCUT2D eigenvalue weighted by molar-refractivity contribution is 5.86. The van der Waals surface area contributed by atoms with E-state index in [1.54, 1.807) is 0 Å². The van der Waals surface area contributed by atoms with E-state index in [-0.39, 0.29) is 0 Å². The van der Waals surface area contributed by atoms with Crippen molar-refractivity contribution in [2.24, 2.45) is 35.5 Å². The topological polar surface area (TPSA) is 17.1 Å². The van der Waals surface area contributed by atoms with E-state index in [4.69, 9.17) is 0 Å². The van der Waals surface area contributed by atoms with Gasteiger partial charge in [-0.1, -0.05) is 12.2 Å². The number of Topliss-reactive ketones (excluding diaryl/α,β-unsaturated/α-hetero) is 1. The zero-order chi connectivity index (χ0) is 7.87. The van der Waals surface area contributed by atoms with Gasteiger partial charge in [0, 0.05) is 12.3 Å². The Bertz CT molecular complexity index is 304. The molecular formula is C11H12O. The molecule has 4 aliphatic rings. The minimum absolute atomic E-state index is 0.468. The van der Waals surface area contributed by atoms with E-state index in [9.17, 15) is 4.79 Å². The third-order valence-electron chi connectivity index (χ3n) is 4.82. The lowest BCUT2D eigenvalue weighted by Crippen LogP contribution is -2.23. The van der Waals surface area contributed by atoms with Crippen LogP contribution in [0.3, 0.4) is 0 Å². The Hall–Kier alpha value is -0.590. The molecule has 3 saturated carbocycles. The van der Waals surface area contributed by atoms with Crippen LogP contribution in [0.25, 0.3) is 0 Å². The molecule has 0 aromatic carbocycles. The van der Waals surface area contributed by atoms with Gasteiger partial charge in [-0.05, 0) is 36.0 Å². The quantitative estimate of drug-likeness (QED) is 0.492. The molecule has 0 unspecified atom stereocenters. The van der Waals surface area contributed by atoms with Gasteiger partial charge in [-0.15, -0.1) is 0 Å². The molecule has 6 atom stereocenters. The first-order chi connectivity index (χ1) is 5.86. The molecule has 4 aliphatic carbocycles. The van der Waals surface area contributed by atoms with Gasteiger partial charge in [0.05, 0.1) is 0 Å². The molecule has 0 heterocycles. The summed E-state index contributed by atoms with van der Waals surface area (Å²) < 4.78 is 0. The smallest absolute Gasteiger partial charge is 0.137 e. The highest BCUT2D eigenvalue weighted by Gasteiger charge is 2.64. The fourth-order valence-electron chi connectivity index (χ4n) is 4.54. The van der Waals surface area contributed by atoms with E-state index in [2.05, 4.69) is 12.2 Å². The van der Waals surface area contributed by atoms with Crippen LogP contribution in [0, 0.1) is 35.5 Å². The number of carbonyl (C=O) groups is 1. The zero-order valence-corrected chi connectivity index (χ0v) is 6.94. The van der Waals surface area contributed by atoms with E-state index in [1.165, 1.54) is 6.42 Å². The average molecular weight is 160 g/mol. The second-order valence-corrected chi connectivity index (χ2v) is 4.96. The molecule has 2 bridgehead atoms. The van der Waals surface area contributed by atoms with Crippen LogP contribution in [0.4, 0.5) is 0 Å². The molecule has 0 N–H and O–H groups in total. The molecule has 0 spiro atoms. The van der Waals surface area contributed by atoms with Crippen LogP contribution in [0.5, 0.6) is 0 Å². The van der Waals surface area contributed by atoms with Gasteiger partial charge in [-0.3, -0.25) is 4.79 Å². The summed E-state index contributed by atoms with van der Waals surface area (Å²) in [6, 6.07) is 0. The van der Waals surface area contributed by atoms with Gasteiger partial charge in [0.15, 0.2) is 0 Å². The zero-order valence-electron chi connectivity index (χ0n) is 6.94. The van der Waals surface area contributed by atoms with Crippen LogP contribution in [0.2, 0.25) is 0 Å². The second-order valence-electron chi connectivity index (χ2n) is 4.96. The molecule has 0 amide bonds. The average Bonchev–Trinajstić information content (AvgIpc) is 2.58. The van der Waals surface area contributed by atoms with E-state index >= 15 is 0 Å². The van der Waals surface area contributed by atoms with Crippen LogP contribution < -0.4 is 0 Å². The number of hydrogen-bond donors (Lipinski definition) is 0. The molecule has 1 nitrogen and oxygen atoms in total. The van der Waals surface area contributed by atoms with Crippen molar-refractivity contribution in [1.29, 1.82) is 0 Å². The molecule has 0 aromatic heterocycles. The lowest BCUT2D eigenvalue weighted by atomic mass is 9.79. The molecular weight excluding hydrogens is 148 g/mol. The summed E-state index contributed by atoms with van der Waals surface area (Å²) in [4.78, 5) is 11.6. The summed E-state index contributed by atoms with van der Waals surface area (Å²) in [5, 5.41) is 0. The monoisotopic (exact) mass is 160 g/mol. The summed E-state index contributed by atoms with van der Waals surface area (Å²) in [5.41, 5.74) is 0. The molecule has 62 valence electrons. The number of rotatable bonds is 0. The summed E-state index contributed by atoms with van der Waals surface area (Å²) in [6.45, 7) is 0. The van der Waals surface area contributed by atoms with Crippen LogP contribution in [0.1, 0.15) is 12.8 Å². The van der Waals surface area contributed by atoms with Crippen molar-refractivity contribution in [3.8, 4) is 0 Å². The van der Waals surface area contributed by atoms with Crippen LogP contribution in [0.15, 0.2) is 12.2 Å². The molecule has 12 heavy (non-hydrogen) atoms. The van der Waals surface area contributed by atoms with Gasteiger partial charge >= 0.3 is 0 Å². The van der Waals surface area contributed by atoms with E-state index < -0.39 is 0 Å². The van der Waals surface area contributed by atoms with Crippen LogP contribution in [-0.4, -0.2) is 5.78 Å². The van der Waals surface area contributed by atoms with Crippen molar-refractivity contribution in [3.05, 3.63) is 12.2 Å². The fourth-order valence-corrected chi connectivity index (χ4v) is 4.54. The summed E-state index contributed by atoms with van der Waals surface area (Å²) >= 11 is 0. The van der Waals surface area contributed by atoms with Gasteiger partial charge < -0.3 is 0 Å². The second kappa shape index (κ2) is 1.55. The van der Waals surface area contributed by atoms with E-state index in [1.807, 2.05) is 0 Å². The lowest BCUT2D eigenvalue weighted by molar-refractivity contribution is -0.121. The Morgan fingerprint density at radius 1 is 1.08 bits per heavy atom. The molecule has 4 rings (SSSR count). The number of ketones is 1. The Morgan fingerprint density at radius 3 is 2.83 bits per heavy atom. The number of fused-ring (bicyclic) bond motifs is 2. The lowest BCUT2D eigenvalue weighted by Gasteiger charge is -2.24. The molecule has 0 radical (unpaired) electrons. The maximum atomic E-state index is 11.6. The first-order valence-corrected chi connectivity index (χ1v) is 5.07. The third-order valence-corrected chi connectivity index (χ3v) is 4.82. The van der Waals surface area contributed by atoms with Gasteiger partial charge in [0.25, 0.3) is 0 Å². The van der Waals surface area contributed by atoms with Crippen molar-refractivity contribution in [3.63, 3.8) is 0 Å². The van der Waals surface area contributed by atoms with Crippen molar-refractivity contribution in [1.82, 2.24) is 0 Å². The van der Waals surface area contributed by atoms with Gasteiger partial charge in [0.2, 0.25) is 0 Å². The third kappa shape index (κ3) is 0.408. The Labute approximate surface area is 71.8 Å². The first kappa shape index (κ1) is 5.95. The standard InChI is InChI=1S/C11H12O/c12-10-4-8-5-1-2-6-7(5)3-9(8)11(6)10/h1-2,5-9,11H,3-4H2/t5-,6-,7-,8+,9-,11+/m0/s1. The minimum Gasteiger partial charge on any atom is -0.299 e. The van der Waals surface area contributed by atoms with Gasteiger partial charge in [-0.2, -0.15) is 0 Å². The Kier molecular flexibility index (Phi) is 0.768. The first-order valence-electron chi connectivity index (χ1n) is 5.07. The Balaban J connectivity index is 1.97. The Morgan fingerprint density at radius 2 is 1.92 bits per heavy atom. The fraction of sp³-hybridized carbons (Fsp3) is 0.727. The predicted molar refractivity (Wildman–Crippen MR) is 44.3 cm³/mol. The summed E-state index contributed by atoms with van der Waals surface area (Å²) in [5.74, 6) is 4.99. The summed E-state index contributed by atoms with van der Waals surface area (Å²) in [7, 11) is 0. The molecule has 0 aliphatic heterocycles. The molecule has 3 fully saturated rings. The van der Waals surface area contributed by atoms with E-state index in [0.29, 0.717) is 17.6 Å². The number of carbonyl (C=O) groups excluding carboxylic acids is 1. The molecule has 1 heteroatoms. The number of allylic oxidation sites excluding steroid dienone is 2. The van der Waals surface area contributed by atoms with Crippen molar-refractivity contribution in [2.75, 3.05) is 0 Å². The maximum absolute atomic E-state index is 11.6. The van der Waals surface area contributed by atoms with Crippen molar-refractivity contribution < 1.29 is 4.79 Å². The SMILES string of the molecule is O=C1C[C@@H]2[C@H]3C=C[C@H]4[C@H]3C[C@@H]2[C@H]14. The van der Waals surface area contributed by atoms with Crippen molar-refractivity contribution in [2.45, 2.75) is 12.8 Å². The van der Waals surface area contributed by atoms with Crippen LogP contribution >= 0.6 is 0 Å². The van der Waals surface area contributed by atoms with E-state index in [0.717, 1.165) is 30.1 Å². The normalized spacial score (nSPS) is 63.8.